The maximum Gasteiger partial charge on any atom is 0.417 e. The van der Waals surface area contributed by atoms with Crippen LogP contribution in [-0.2, 0) is 0 Å². The van der Waals surface area contributed by atoms with Gasteiger partial charge in [0.15, 0.2) is 5.58 Å². The molecule has 0 atom stereocenters. The number of aromatic nitrogens is 1. The number of fused-ring (bicyclic) bond motifs is 1. The Morgan fingerprint density at radius 1 is 1.13 bits per heavy atom. The molecular formula is C23H27ClN4O3. The van der Waals surface area contributed by atoms with Gasteiger partial charge in [0.05, 0.1) is 5.52 Å². The molecule has 1 amide bonds. The summed E-state index contributed by atoms with van der Waals surface area (Å²) in [5.41, 5.74) is 3.96. The van der Waals surface area contributed by atoms with Crippen molar-refractivity contribution in [3.8, 4) is 0 Å². The van der Waals surface area contributed by atoms with E-state index in [4.69, 9.17) is 16.0 Å². The number of nitrogens with zero attached hydrogens (tertiary/aromatic N) is 2. The second-order valence-corrected chi connectivity index (χ2v) is 8.38. The number of carbonyl (C=O) groups excluding carboxylic acids is 1. The van der Waals surface area contributed by atoms with Crippen molar-refractivity contribution >= 4 is 34.3 Å². The Morgan fingerprint density at radius 3 is 2.74 bits per heavy atom. The first kappa shape index (κ1) is 21.5. The second kappa shape index (κ2) is 9.58. The molecule has 0 aliphatic carbocycles. The van der Waals surface area contributed by atoms with E-state index in [0.29, 0.717) is 23.2 Å². The molecule has 0 spiro atoms. The van der Waals surface area contributed by atoms with E-state index in [2.05, 4.69) is 39.2 Å². The van der Waals surface area contributed by atoms with Gasteiger partial charge in [0, 0.05) is 49.0 Å². The van der Waals surface area contributed by atoms with E-state index in [1.54, 1.807) is 18.2 Å². The molecule has 0 saturated carbocycles. The molecular weight excluding hydrogens is 416 g/mol. The smallest absolute Gasteiger partial charge is 0.408 e. The third kappa shape index (κ3) is 5.29. The number of unbranched alkanes of at least 4 members (excludes halogenated alkanes) is 1. The highest BCUT2D eigenvalue weighted by atomic mass is 35.5. The number of H-pyrrole nitrogens is 1. The van der Waals surface area contributed by atoms with Crippen LogP contribution in [0.3, 0.4) is 0 Å². The van der Waals surface area contributed by atoms with Gasteiger partial charge in [-0.25, -0.2) is 4.79 Å². The fraction of sp³-hybridized carbons (Fsp3) is 0.391. The number of hydrogen-bond acceptors (Lipinski definition) is 5. The SMILES string of the molecule is Cc1ccc(Cl)cc1N1CCN(CCCCNC(=O)c2ccc3[nH]c(=O)oc3c2)CC1. The fourth-order valence-corrected chi connectivity index (χ4v) is 4.15. The molecule has 4 rings (SSSR count). The highest BCUT2D eigenvalue weighted by Crippen LogP contribution is 2.25. The van der Waals surface area contributed by atoms with Crippen LogP contribution in [-0.4, -0.2) is 55.1 Å². The highest BCUT2D eigenvalue weighted by Gasteiger charge is 2.18. The first-order chi connectivity index (χ1) is 15.0. The zero-order chi connectivity index (χ0) is 21.8. The summed E-state index contributed by atoms with van der Waals surface area (Å²) in [5.74, 6) is -0.674. The summed E-state index contributed by atoms with van der Waals surface area (Å²) in [6.45, 7) is 7.82. The molecule has 3 aromatic rings. The number of hydrogen-bond donors (Lipinski definition) is 2. The quantitative estimate of drug-likeness (QED) is 0.548. The Labute approximate surface area is 186 Å². The van der Waals surface area contributed by atoms with E-state index in [1.807, 2.05) is 6.07 Å². The molecule has 8 heteroatoms. The van der Waals surface area contributed by atoms with Gasteiger partial charge < -0.3 is 14.6 Å². The normalized spacial score (nSPS) is 14.8. The standard InChI is InChI=1S/C23H27ClN4O3/c1-16-4-6-18(24)15-20(16)28-12-10-27(11-13-28)9-3-2-8-25-22(29)17-5-7-19-21(14-17)31-23(30)26-19/h4-7,14-15H,2-3,8-13H2,1H3,(H,25,29)(H,26,30). The highest BCUT2D eigenvalue weighted by molar-refractivity contribution is 6.30. The average Bonchev–Trinajstić information content (AvgIpc) is 3.14. The van der Waals surface area contributed by atoms with Gasteiger partial charge in [-0.15, -0.1) is 0 Å². The number of anilines is 1. The number of aromatic amines is 1. The molecule has 0 radical (unpaired) electrons. The van der Waals surface area contributed by atoms with Crippen molar-refractivity contribution in [1.29, 1.82) is 0 Å². The van der Waals surface area contributed by atoms with Crippen LogP contribution >= 0.6 is 11.6 Å². The van der Waals surface area contributed by atoms with Crippen LogP contribution in [0.1, 0.15) is 28.8 Å². The molecule has 31 heavy (non-hydrogen) atoms. The van der Waals surface area contributed by atoms with Gasteiger partial charge in [-0.1, -0.05) is 17.7 Å². The zero-order valence-electron chi connectivity index (χ0n) is 17.6. The van der Waals surface area contributed by atoms with Crippen LogP contribution < -0.4 is 16.0 Å². The lowest BCUT2D eigenvalue weighted by molar-refractivity contribution is 0.0952. The monoisotopic (exact) mass is 442 g/mol. The van der Waals surface area contributed by atoms with E-state index in [-0.39, 0.29) is 5.91 Å². The van der Waals surface area contributed by atoms with Crippen molar-refractivity contribution in [2.45, 2.75) is 19.8 Å². The number of piperazine rings is 1. The van der Waals surface area contributed by atoms with Gasteiger partial charge in [-0.05, 0) is 62.2 Å². The van der Waals surface area contributed by atoms with Crippen LogP contribution in [0.2, 0.25) is 5.02 Å². The van der Waals surface area contributed by atoms with Gasteiger partial charge >= 0.3 is 5.76 Å². The van der Waals surface area contributed by atoms with Crippen molar-refractivity contribution in [3.63, 3.8) is 0 Å². The van der Waals surface area contributed by atoms with Crippen LogP contribution in [0.15, 0.2) is 45.6 Å². The Bertz CT molecular complexity index is 1120. The number of halogens is 1. The van der Waals surface area contributed by atoms with E-state index in [9.17, 15) is 9.59 Å². The summed E-state index contributed by atoms with van der Waals surface area (Å²) < 4.78 is 5.01. The van der Waals surface area contributed by atoms with Crippen LogP contribution in [0.5, 0.6) is 0 Å². The average molecular weight is 443 g/mol. The molecule has 0 unspecified atom stereocenters. The first-order valence-corrected chi connectivity index (χ1v) is 11.0. The molecule has 0 bridgehead atoms. The third-order valence-electron chi connectivity index (χ3n) is 5.75. The summed E-state index contributed by atoms with van der Waals surface area (Å²) in [7, 11) is 0. The summed E-state index contributed by atoms with van der Waals surface area (Å²) in [5, 5.41) is 3.72. The molecule has 1 aromatic heterocycles. The summed E-state index contributed by atoms with van der Waals surface area (Å²) in [4.78, 5) is 31.0. The predicted molar refractivity (Wildman–Crippen MR) is 123 cm³/mol. The van der Waals surface area contributed by atoms with Gasteiger partial charge in [-0.3, -0.25) is 14.7 Å². The molecule has 1 saturated heterocycles. The summed E-state index contributed by atoms with van der Waals surface area (Å²) >= 11 is 6.17. The lowest BCUT2D eigenvalue weighted by Crippen LogP contribution is -2.46. The van der Waals surface area contributed by atoms with Crippen molar-refractivity contribution in [1.82, 2.24) is 15.2 Å². The minimum atomic E-state index is -0.518. The molecule has 1 aliphatic rings. The van der Waals surface area contributed by atoms with Crippen LogP contribution in [0.25, 0.3) is 11.1 Å². The Morgan fingerprint density at radius 2 is 1.94 bits per heavy atom. The molecule has 164 valence electrons. The maximum absolute atomic E-state index is 12.3. The number of benzene rings is 2. The Balaban J connectivity index is 1.16. The Kier molecular flexibility index (Phi) is 6.63. The van der Waals surface area contributed by atoms with E-state index in [0.717, 1.165) is 50.6 Å². The second-order valence-electron chi connectivity index (χ2n) is 7.95. The topological polar surface area (TPSA) is 81.6 Å². The lowest BCUT2D eigenvalue weighted by atomic mass is 10.1. The predicted octanol–water partition coefficient (Wildman–Crippen LogP) is 3.42. The van der Waals surface area contributed by atoms with Gasteiger partial charge in [0.1, 0.15) is 0 Å². The van der Waals surface area contributed by atoms with Crippen molar-refractivity contribution < 1.29 is 9.21 Å². The third-order valence-corrected chi connectivity index (χ3v) is 5.99. The Hall–Kier alpha value is -2.77. The van der Waals surface area contributed by atoms with E-state index in [1.165, 1.54) is 11.3 Å². The molecule has 1 fully saturated rings. The number of amides is 1. The summed E-state index contributed by atoms with van der Waals surface area (Å²) in [6.07, 6.45) is 1.95. The van der Waals surface area contributed by atoms with Crippen molar-refractivity contribution in [3.05, 3.63) is 63.1 Å². The molecule has 2 aromatic carbocycles. The van der Waals surface area contributed by atoms with Crippen molar-refractivity contribution in [2.75, 3.05) is 44.2 Å². The molecule has 2 heterocycles. The molecule has 2 N–H and O–H groups in total. The van der Waals surface area contributed by atoms with Gasteiger partial charge in [0.25, 0.3) is 5.91 Å². The van der Waals surface area contributed by atoms with Gasteiger partial charge in [-0.2, -0.15) is 0 Å². The summed E-state index contributed by atoms with van der Waals surface area (Å²) in [6, 6.07) is 11.0. The maximum atomic E-state index is 12.3. The van der Waals surface area contributed by atoms with Gasteiger partial charge in [0.2, 0.25) is 0 Å². The first-order valence-electron chi connectivity index (χ1n) is 10.6. The van der Waals surface area contributed by atoms with Crippen molar-refractivity contribution in [2.24, 2.45) is 0 Å². The van der Waals surface area contributed by atoms with E-state index < -0.39 is 5.76 Å². The largest absolute Gasteiger partial charge is 0.417 e. The number of oxazole rings is 1. The minimum absolute atomic E-state index is 0.156. The van der Waals surface area contributed by atoms with E-state index >= 15 is 0 Å². The van der Waals surface area contributed by atoms with Crippen LogP contribution in [0.4, 0.5) is 5.69 Å². The molecule has 7 nitrogen and oxygen atoms in total. The number of rotatable bonds is 7. The number of aryl methyl sites for hydroxylation is 1. The minimum Gasteiger partial charge on any atom is -0.408 e. The fourth-order valence-electron chi connectivity index (χ4n) is 3.99. The lowest BCUT2D eigenvalue weighted by Gasteiger charge is -2.37. The number of carbonyl (C=O) groups is 1. The number of nitrogens with one attached hydrogen (secondary N) is 2. The molecule has 1 aliphatic heterocycles. The zero-order valence-corrected chi connectivity index (χ0v) is 18.4. The van der Waals surface area contributed by atoms with Crippen LogP contribution in [0, 0.1) is 6.92 Å².